The molecule has 0 fully saturated rings. The van der Waals surface area contributed by atoms with Gasteiger partial charge in [0.05, 0.1) is 0 Å². The molecule has 2 heteroatoms. The molecule has 1 nitrogen and oxygen atoms in total. The van der Waals surface area contributed by atoms with Crippen LogP contribution >= 0.6 is 11.8 Å². The van der Waals surface area contributed by atoms with Gasteiger partial charge in [0.15, 0.2) is 0 Å². The van der Waals surface area contributed by atoms with Gasteiger partial charge in [-0.05, 0) is 48.1 Å². The molecular formula is C14H14OS. The first kappa shape index (κ1) is 11.1. The lowest BCUT2D eigenvalue weighted by Gasteiger charge is -2.08. The minimum absolute atomic E-state index is 0.352. The predicted molar refractivity (Wildman–Crippen MR) is 70.1 cm³/mol. The predicted octanol–water partition coefficient (Wildman–Crippen LogP) is 4.09. The molecule has 0 saturated carbocycles. The van der Waals surface area contributed by atoms with E-state index < -0.39 is 0 Å². The van der Waals surface area contributed by atoms with Crippen molar-refractivity contribution in [3.8, 4) is 16.9 Å². The highest BCUT2D eigenvalue weighted by molar-refractivity contribution is 7.98. The maximum Gasteiger partial charge on any atom is 0.118 e. The molecule has 0 bridgehead atoms. The summed E-state index contributed by atoms with van der Waals surface area (Å²) in [6.45, 7) is 1.92. The molecule has 0 aliphatic carbocycles. The zero-order valence-corrected chi connectivity index (χ0v) is 10.2. The van der Waals surface area contributed by atoms with Gasteiger partial charge in [-0.2, -0.15) is 0 Å². The van der Waals surface area contributed by atoms with Crippen LogP contribution in [0.2, 0.25) is 0 Å². The Kier molecular flexibility index (Phi) is 3.20. The second kappa shape index (κ2) is 4.62. The largest absolute Gasteiger partial charge is 0.508 e. The number of aromatic hydroxyl groups is 1. The van der Waals surface area contributed by atoms with Crippen molar-refractivity contribution in [1.29, 1.82) is 0 Å². The van der Waals surface area contributed by atoms with E-state index in [4.69, 9.17) is 0 Å². The highest BCUT2D eigenvalue weighted by Crippen LogP contribution is 2.32. The molecular weight excluding hydrogens is 216 g/mol. The Morgan fingerprint density at radius 3 is 2.50 bits per heavy atom. The fourth-order valence-electron chi connectivity index (χ4n) is 1.71. The lowest BCUT2D eigenvalue weighted by atomic mass is 10.0. The van der Waals surface area contributed by atoms with Gasteiger partial charge in [0.25, 0.3) is 0 Å². The Morgan fingerprint density at radius 2 is 1.81 bits per heavy atom. The summed E-state index contributed by atoms with van der Waals surface area (Å²) >= 11 is 1.74. The van der Waals surface area contributed by atoms with Crippen LogP contribution in [0.15, 0.2) is 47.4 Å². The van der Waals surface area contributed by atoms with Crippen molar-refractivity contribution in [3.63, 3.8) is 0 Å². The van der Waals surface area contributed by atoms with Crippen LogP contribution in [-0.2, 0) is 0 Å². The van der Waals surface area contributed by atoms with E-state index in [0.29, 0.717) is 5.75 Å². The standard InChI is InChI=1S/C14H14OS/c1-10-9-11(7-8-13(10)15)12-5-3-4-6-14(12)16-2/h3-9,15H,1-2H3. The van der Waals surface area contributed by atoms with Gasteiger partial charge in [-0.3, -0.25) is 0 Å². The maximum absolute atomic E-state index is 9.51. The highest BCUT2D eigenvalue weighted by atomic mass is 32.2. The lowest BCUT2D eigenvalue weighted by Crippen LogP contribution is -1.83. The number of aryl methyl sites for hydroxylation is 1. The number of phenols is 1. The molecule has 0 aromatic heterocycles. The van der Waals surface area contributed by atoms with Crippen LogP contribution < -0.4 is 0 Å². The van der Waals surface area contributed by atoms with E-state index in [0.717, 1.165) is 11.1 Å². The summed E-state index contributed by atoms with van der Waals surface area (Å²) in [6, 6.07) is 14.0. The molecule has 0 atom stereocenters. The minimum Gasteiger partial charge on any atom is -0.508 e. The zero-order chi connectivity index (χ0) is 11.5. The highest BCUT2D eigenvalue weighted by Gasteiger charge is 2.05. The van der Waals surface area contributed by atoms with E-state index in [1.807, 2.05) is 31.2 Å². The molecule has 1 N–H and O–H groups in total. The molecule has 2 aromatic rings. The molecule has 0 aliphatic rings. The minimum atomic E-state index is 0.352. The smallest absolute Gasteiger partial charge is 0.118 e. The Labute approximate surface area is 100 Å². The summed E-state index contributed by atoms with van der Waals surface area (Å²) in [5.74, 6) is 0.352. The number of thioether (sulfide) groups is 1. The summed E-state index contributed by atoms with van der Waals surface area (Å²) in [4.78, 5) is 1.26. The molecule has 0 heterocycles. The molecule has 2 rings (SSSR count). The topological polar surface area (TPSA) is 20.2 Å². The normalized spacial score (nSPS) is 10.4. The van der Waals surface area contributed by atoms with Crippen molar-refractivity contribution in [2.45, 2.75) is 11.8 Å². The lowest BCUT2D eigenvalue weighted by molar-refractivity contribution is 0.471. The van der Waals surface area contributed by atoms with Crippen LogP contribution in [0, 0.1) is 6.92 Å². The fraction of sp³-hybridized carbons (Fsp3) is 0.143. The molecule has 0 saturated heterocycles. The van der Waals surface area contributed by atoms with Gasteiger partial charge in [0.2, 0.25) is 0 Å². The molecule has 0 spiro atoms. The van der Waals surface area contributed by atoms with E-state index >= 15 is 0 Å². The van der Waals surface area contributed by atoms with E-state index in [1.54, 1.807) is 17.8 Å². The molecule has 0 amide bonds. The average molecular weight is 230 g/mol. The molecule has 0 aliphatic heterocycles. The summed E-state index contributed by atoms with van der Waals surface area (Å²) in [5.41, 5.74) is 3.28. The molecule has 0 radical (unpaired) electrons. The Morgan fingerprint density at radius 1 is 1.06 bits per heavy atom. The first-order valence-corrected chi connectivity index (χ1v) is 6.38. The monoisotopic (exact) mass is 230 g/mol. The van der Waals surface area contributed by atoms with Crippen molar-refractivity contribution in [2.24, 2.45) is 0 Å². The number of benzene rings is 2. The van der Waals surface area contributed by atoms with Crippen molar-refractivity contribution in [2.75, 3.05) is 6.26 Å². The average Bonchev–Trinajstić information content (AvgIpc) is 2.32. The molecule has 2 aromatic carbocycles. The van der Waals surface area contributed by atoms with Gasteiger partial charge >= 0.3 is 0 Å². The third-order valence-electron chi connectivity index (χ3n) is 2.61. The van der Waals surface area contributed by atoms with E-state index in [9.17, 15) is 5.11 Å². The Bertz CT molecular complexity index is 506. The number of hydrogen-bond acceptors (Lipinski definition) is 2. The Balaban J connectivity index is 2.54. The van der Waals surface area contributed by atoms with Crippen LogP contribution in [0.3, 0.4) is 0 Å². The molecule has 0 unspecified atom stereocenters. The fourth-order valence-corrected chi connectivity index (χ4v) is 2.33. The first-order chi connectivity index (χ1) is 7.72. The van der Waals surface area contributed by atoms with E-state index in [-0.39, 0.29) is 0 Å². The molecule has 82 valence electrons. The second-order valence-electron chi connectivity index (χ2n) is 3.70. The number of hydrogen-bond donors (Lipinski definition) is 1. The molecule has 16 heavy (non-hydrogen) atoms. The summed E-state index contributed by atoms with van der Waals surface area (Å²) < 4.78 is 0. The maximum atomic E-state index is 9.51. The van der Waals surface area contributed by atoms with Crippen molar-refractivity contribution < 1.29 is 5.11 Å². The third-order valence-corrected chi connectivity index (χ3v) is 3.41. The van der Waals surface area contributed by atoms with Crippen molar-refractivity contribution in [3.05, 3.63) is 48.0 Å². The number of rotatable bonds is 2. The van der Waals surface area contributed by atoms with Gasteiger partial charge in [-0.15, -0.1) is 11.8 Å². The van der Waals surface area contributed by atoms with Crippen LogP contribution in [-0.4, -0.2) is 11.4 Å². The third kappa shape index (κ3) is 2.07. The van der Waals surface area contributed by atoms with Crippen molar-refractivity contribution in [1.82, 2.24) is 0 Å². The van der Waals surface area contributed by atoms with Crippen LogP contribution in [0.25, 0.3) is 11.1 Å². The van der Waals surface area contributed by atoms with Crippen LogP contribution in [0.1, 0.15) is 5.56 Å². The summed E-state index contributed by atoms with van der Waals surface area (Å²) in [6.07, 6.45) is 2.08. The van der Waals surface area contributed by atoms with E-state index in [1.165, 1.54) is 10.5 Å². The van der Waals surface area contributed by atoms with Gasteiger partial charge in [0, 0.05) is 4.90 Å². The SMILES string of the molecule is CSc1ccccc1-c1ccc(O)c(C)c1. The van der Waals surface area contributed by atoms with E-state index in [2.05, 4.69) is 18.4 Å². The van der Waals surface area contributed by atoms with Gasteiger partial charge in [-0.25, -0.2) is 0 Å². The quantitative estimate of drug-likeness (QED) is 0.784. The second-order valence-corrected chi connectivity index (χ2v) is 4.55. The zero-order valence-electron chi connectivity index (χ0n) is 9.40. The van der Waals surface area contributed by atoms with Gasteiger partial charge in [-0.1, -0.05) is 24.3 Å². The summed E-state index contributed by atoms with van der Waals surface area (Å²) in [5, 5.41) is 9.51. The van der Waals surface area contributed by atoms with Gasteiger partial charge in [0.1, 0.15) is 5.75 Å². The first-order valence-electron chi connectivity index (χ1n) is 5.15. The number of phenolic OH excluding ortho intramolecular Hbond substituents is 1. The van der Waals surface area contributed by atoms with Crippen molar-refractivity contribution >= 4 is 11.8 Å². The van der Waals surface area contributed by atoms with Crippen LogP contribution in [0.4, 0.5) is 0 Å². The summed E-state index contributed by atoms with van der Waals surface area (Å²) in [7, 11) is 0. The Hall–Kier alpha value is -1.41. The van der Waals surface area contributed by atoms with Crippen LogP contribution in [0.5, 0.6) is 5.75 Å². The van der Waals surface area contributed by atoms with Gasteiger partial charge < -0.3 is 5.11 Å².